The summed E-state index contributed by atoms with van der Waals surface area (Å²) in [6.45, 7) is 4.19. The Kier molecular flexibility index (Phi) is 27.9. The molecule has 0 spiro atoms. The van der Waals surface area contributed by atoms with E-state index in [4.69, 9.17) is 133 Å². The Bertz CT molecular complexity index is 7730. The number of benzene rings is 7. The fourth-order valence-electron chi connectivity index (χ4n) is 19.7. The van der Waals surface area contributed by atoms with Crippen molar-refractivity contribution in [2.45, 2.75) is 140 Å². The van der Waals surface area contributed by atoms with Crippen LogP contribution in [0.2, 0.25) is 20.1 Å². The number of sulfone groups is 2. The van der Waals surface area contributed by atoms with Crippen LogP contribution in [-0.4, -0.2) is 278 Å². The van der Waals surface area contributed by atoms with Crippen LogP contribution in [0.3, 0.4) is 0 Å². The zero-order valence-corrected chi connectivity index (χ0v) is 83.2. The lowest BCUT2D eigenvalue weighted by atomic mass is 9.92. The van der Waals surface area contributed by atoms with Crippen LogP contribution in [0.4, 0.5) is 0 Å². The lowest BCUT2D eigenvalue weighted by molar-refractivity contribution is 0.00792. The van der Waals surface area contributed by atoms with Crippen LogP contribution in [0.5, 0.6) is 29.3 Å². The van der Waals surface area contributed by atoms with Crippen molar-refractivity contribution in [3.63, 3.8) is 0 Å². The highest BCUT2D eigenvalue weighted by Gasteiger charge is 2.52. The molecule has 0 bridgehead atoms. The molecule has 0 amide bonds. The number of fused-ring (bicyclic) bond motifs is 8. The summed E-state index contributed by atoms with van der Waals surface area (Å²) < 4.78 is 124. The van der Waals surface area contributed by atoms with Crippen LogP contribution in [0.25, 0.3) is 134 Å². The van der Waals surface area contributed by atoms with Crippen molar-refractivity contribution >= 4 is 116 Å². The van der Waals surface area contributed by atoms with Crippen LogP contribution >= 0.6 is 46.4 Å². The number of hydrogen-bond donors (Lipinski definition) is 9. The molecule has 18 atom stereocenters. The molecule has 9 N–H and O–H groups in total. The third kappa shape index (κ3) is 20.8. The smallest absolute Gasteiger partial charge is 0.193 e. The Morgan fingerprint density at radius 2 is 0.685 bits per heavy atom. The Morgan fingerprint density at radius 1 is 0.390 bits per heavy atom. The lowest BCUT2D eigenvalue weighted by Crippen LogP contribution is -2.34. The summed E-state index contributed by atoms with van der Waals surface area (Å²) in [4.78, 5) is 36.2. The number of aromatic amines is 4. The van der Waals surface area contributed by atoms with Gasteiger partial charge in [-0.2, -0.15) is 5.10 Å². The highest BCUT2D eigenvalue weighted by atomic mass is 35.5. The number of hydrogen-bond acceptors (Lipinski definition) is 28. The number of halogens is 4. The van der Waals surface area contributed by atoms with Crippen molar-refractivity contribution < 1.29 is 104 Å². The van der Waals surface area contributed by atoms with Crippen LogP contribution in [0.1, 0.15) is 31.7 Å². The average Bonchev–Trinajstić information content (AvgIpc) is 1.71. The number of rotatable bonds is 22. The zero-order chi connectivity index (χ0) is 101. The summed E-state index contributed by atoms with van der Waals surface area (Å²) in [5, 5.41) is 54.9. The van der Waals surface area contributed by atoms with Gasteiger partial charge in [0.1, 0.15) is 97.8 Å². The first-order chi connectivity index (χ1) is 70.6. The van der Waals surface area contributed by atoms with Crippen molar-refractivity contribution in [2.75, 3.05) is 72.0 Å². The van der Waals surface area contributed by atoms with Crippen LogP contribution in [0, 0.1) is 0 Å². The summed E-state index contributed by atoms with van der Waals surface area (Å²) in [5.74, 6) is 2.88. The van der Waals surface area contributed by atoms with E-state index in [1.54, 1.807) is 35.3 Å². The van der Waals surface area contributed by atoms with Gasteiger partial charge in [-0.25, -0.2) is 46.4 Å². The van der Waals surface area contributed by atoms with Gasteiger partial charge in [-0.3, -0.25) is 0 Å². The number of nitrogens with one attached hydrogen (secondary N) is 4. The molecule has 2 unspecified atom stereocenters. The fourth-order valence-corrected chi connectivity index (χ4v) is 22.4. The van der Waals surface area contributed by atoms with Gasteiger partial charge in [0.2, 0.25) is 0 Å². The minimum absolute atomic E-state index is 0.0287. The Morgan fingerprint density at radius 3 is 0.973 bits per heavy atom. The van der Waals surface area contributed by atoms with Gasteiger partial charge in [0.05, 0.1) is 162 Å². The summed E-state index contributed by atoms with van der Waals surface area (Å²) >= 11 is 26.4. The first-order valence-electron chi connectivity index (χ1n) is 47.7. The van der Waals surface area contributed by atoms with E-state index in [1.165, 1.54) is 24.4 Å². The third-order valence-corrected chi connectivity index (χ3v) is 31.3. The molecule has 0 saturated carbocycles. The molecule has 16 aromatic rings. The van der Waals surface area contributed by atoms with Gasteiger partial charge >= 0.3 is 0 Å². The van der Waals surface area contributed by atoms with E-state index in [-0.39, 0.29) is 123 Å². The molecule has 9 aliphatic rings. The zero-order valence-electron chi connectivity index (χ0n) is 78.5. The fraction of sp³-hybridized carbons (Fsp3) is 0.308. The number of H-pyrrole nitrogens is 4. The molecular formula is C107H99Cl4N11O22S2. The second kappa shape index (κ2) is 41.4. The van der Waals surface area contributed by atoms with Crippen LogP contribution in [0.15, 0.2) is 242 Å². The first kappa shape index (κ1) is 98.4. The molecule has 754 valence electrons. The second-order valence-corrected chi connectivity index (χ2v) is 43.4. The van der Waals surface area contributed by atoms with Gasteiger partial charge in [-0.15, -0.1) is 0 Å². The predicted octanol–water partition coefficient (Wildman–Crippen LogP) is 15.9. The van der Waals surface area contributed by atoms with Gasteiger partial charge in [0.15, 0.2) is 67.6 Å². The standard InChI is InChI=1S/C28H27ClN2O6.C27H22ClN5O4.C26H27ClN2O6S.C26H23ClN2O6S/c1-15(12-32)36-19-8-6-17(7-9-19)16-2-4-18(5-3-16)26-20(29)10-21-22(31-26)11-25(30-21)37-24-14-35-27-23(33)13-34-28(24)27;28-19-9-20-21(10-24(31-20)37-23-12-36-26-22(34)11-35-27(23)26)32-25(19)17-3-1-15(2-4-17)16-5-7-18(8-6-16)33-14-29-13-30-33;2*1-36(31,32)17-8-6-15(7-9-17)14-2-4-16(5-3-14)24-18(27)10-19-20(29-24)11-23(28-19)35-22-13-34-25-21(30)12-33-26(22)25/h2-11,15,23-24,27-28,30,32-33H,12-14H2,1H3;1-10,13-14,22-23,26-27,31,34H,11-12H2;2-6,10-11,17,21-22,25-26,28,30H,7-9,12-13H2,1H3;2-11,21-22,25-26,28,30H,12-13H2,1H3/t15?,23-,24-,27-,28-;22-,23-,26-,27-;17?,21-,22-,25-,26-;21-,22-,25-,26-/m1111/s1. The molecule has 17 heterocycles. The van der Waals surface area contributed by atoms with Crippen LogP contribution in [-0.2, 0) is 57.6 Å². The minimum Gasteiger partial charge on any atom is -0.488 e. The van der Waals surface area contributed by atoms with E-state index in [0.29, 0.717) is 111 Å². The number of ether oxygens (including phenoxy) is 13. The van der Waals surface area contributed by atoms with Crippen molar-refractivity contribution in [1.82, 2.24) is 54.6 Å². The van der Waals surface area contributed by atoms with E-state index in [9.17, 15) is 37.3 Å². The summed E-state index contributed by atoms with van der Waals surface area (Å²) in [6.07, 6.45) is 3.09. The number of nitrogens with zero attached hydrogens (tertiary/aromatic N) is 7. The molecule has 0 radical (unpaired) electrons. The molecule has 146 heavy (non-hydrogen) atoms. The Balaban J connectivity index is 0.000000111. The van der Waals surface area contributed by atoms with Crippen molar-refractivity contribution in [3.8, 4) is 113 Å². The summed E-state index contributed by atoms with van der Waals surface area (Å²) in [7, 11) is -6.25. The maximum absolute atomic E-state index is 11.8. The number of aromatic nitrogens is 11. The Labute approximate surface area is 856 Å². The van der Waals surface area contributed by atoms with Crippen molar-refractivity contribution in [1.29, 1.82) is 0 Å². The molecule has 1 aliphatic carbocycles. The monoisotopic (exact) mass is 2090 g/mol. The number of pyridine rings is 4. The number of aliphatic hydroxyl groups excluding tert-OH is 5. The maximum atomic E-state index is 11.8. The summed E-state index contributed by atoms with van der Waals surface area (Å²) in [6, 6.07) is 69.4. The highest BCUT2D eigenvalue weighted by Crippen LogP contribution is 2.44. The largest absolute Gasteiger partial charge is 0.488 e. The van der Waals surface area contributed by atoms with Gasteiger partial charge in [0, 0.05) is 59.0 Å². The van der Waals surface area contributed by atoms with Gasteiger partial charge in [-0.1, -0.05) is 186 Å². The van der Waals surface area contributed by atoms with E-state index < -0.39 is 44.1 Å². The number of aliphatic hydroxyl groups is 5. The molecular weight excluding hydrogens is 2000 g/mol. The third-order valence-electron chi connectivity index (χ3n) is 27.4. The molecule has 7 aromatic carbocycles. The highest BCUT2D eigenvalue weighted by molar-refractivity contribution is 7.91. The topological polar surface area (TPSA) is 435 Å². The number of allylic oxidation sites excluding steroid dienone is 2. The SMILES string of the molecule is CC(CO)Oc1ccc(-c2ccc(-c3nc4cc(O[C@@H]5CO[C@H]6[C@@H]5OC[C@H]6O)[nH]c4cc3Cl)cc2)cc1.CS(=O)(=O)C1CC=C(c2ccc(-c3nc4cc(O[C@@H]5CO[C@H]6[C@@H]5OC[C@H]6O)[nH]c4cc3Cl)cc2)CC1.CS(=O)(=O)c1ccc(-c2ccc(-c3nc4cc(O[C@@H]5CO[C@H]6[C@@H]5OC[C@H]6O)[nH]c4cc3Cl)cc2)cc1.O[C@@H]1CO[C@H]2[C@@H]1OC[C@H]2Oc1cc2nc(-c3ccc(-c4ccc(-n5cncn5)cc4)cc3)c(Cl)cc2[nH]1. The van der Waals surface area contributed by atoms with Crippen molar-refractivity contribution in [2.24, 2.45) is 0 Å². The lowest BCUT2D eigenvalue weighted by Gasteiger charge is -2.20. The summed E-state index contributed by atoms with van der Waals surface area (Å²) in [5.41, 5.74) is 21.5. The average molecular weight is 2100 g/mol. The molecule has 25 rings (SSSR count). The van der Waals surface area contributed by atoms with Gasteiger partial charge in [-0.05, 0) is 131 Å². The molecule has 33 nitrogen and oxygen atoms in total. The van der Waals surface area contributed by atoms with Gasteiger partial charge in [0.25, 0.3) is 0 Å². The molecule has 8 aliphatic heterocycles. The minimum atomic E-state index is -3.24. The second-order valence-electron chi connectivity index (χ2n) is 37.4. The quantitative estimate of drug-likeness (QED) is 0.0304. The predicted molar refractivity (Wildman–Crippen MR) is 548 cm³/mol. The van der Waals surface area contributed by atoms with Crippen LogP contribution < -0.4 is 23.7 Å². The molecule has 39 heteroatoms. The van der Waals surface area contributed by atoms with Gasteiger partial charge < -0.3 is 107 Å². The van der Waals surface area contributed by atoms with E-state index >= 15 is 0 Å². The van der Waals surface area contributed by atoms with E-state index in [0.717, 1.165) is 118 Å². The maximum Gasteiger partial charge on any atom is 0.193 e. The molecule has 8 fully saturated rings. The first-order valence-corrected chi connectivity index (χ1v) is 53.0. The molecule has 8 saturated heterocycles. The normalized spacial score (nSPS) is 24.7. The van der Waals surface area contributed by atoms with Crippen molar-refractivity contribution in [3.05, 3.63) is 263 Å². The molecule has 9 aromatic heterocycles. The van der Waals surface area contributed by atoms with E-state index in [1.807, 2.05) is 183 Å². The Hall–Kier alpha value is -12.3. The van der Waals surface area contributed by atoms with E-state index in [2.05, 4.69) is 54.3 Å².